The highest BCUT2D eigenvalue weighted by Crippen LogP contribution is 2.23. The topological polar surface area (TPSA) is 126 Å². The number of nitrogens with zero attached hydrogens (tertiary/aromatic N) is 5. The minimum atomic E-state index is -0.391. The fourth-order valence-electron chi connectivity index (χ4n) is 1.90. The van der Waals surface area contributed by atoms with Gasteiger partial charge in [-0.3, -0.25) is 4.79 Å². The Bertz CT molecular complexity index is 875. The number of rotatable bonds is 4. The van der Waals surface area contributed by atoms with Gasteiger partial charge in [0, 0.05) is 5.56 Å². The zero-order valence-corrected chi connectivity index (χ0v) is 12.2. The molecule has 3 N–H and O–H groups in total. The lowest BCUT2D eigenvalue weighted by atomic mass is 10.2. The van der Waals surface area contributed by atoms with E-state index in [-0.39, 0.29) is 11.5 Å². The van der Waals surface area contributed by atoms with Gasteiger partial charge in [0.2, 0.25) is 0 Å². The highest BCUT2D eigenvalue weighted by Gasteiger charge is 2.05. The Balaban J connectivity index is 1.64. The van der Waals surface area contributed by atoms with Gasteiger partial charge in [-0.15, -0.1) is 5.10 Å². The average molecular weight is 324 g/mol. The van der Waals surface area contributed by atoms with Gasteiger partial charge in [0.15, 0.2) is 11.5 Å². The molecule has 0 unspecified atom stereocenters. The largest absolute Gasteiger partial charge is 0.504 e. The first-order chi connectivity index (χ1) is 11.6. The highest BCUT2D eigenvalue weighted by molar-refractivity contribution is 5.95. The molecule has 0 radical (unpaired) electrons. The van der Waals surface area contributed by atoms with Gasteiger partial charge in [0.25, 0.3) is 5.91 Å². The summed E-state index contributed by atoms with van der Waals surface area (Å²) in [6, 6.07) is 10.8. The van der Waals surface area contributed by atoms with Crippen LogP contribution in [0.5, 0.6) is 11.5 Å². The van der Waals surface area contributed by atoms with Crippen molar-refractivity contribution in [1.82, 2.24) is 25.6 Å². The molecule has 3 aromatic rings. The standard InChI is InChI=1S/C15H12N6O3/c22-13-6-1-10(7-14(13)23)8-16-18-15(24)11-2-4-12(5-3-11)21-9-17-19-20-21/h1-9,22-23H,(H,18,24)/b16-8-. The number of carbonyl (C=O) groups is 1. The third kappa shape index (κ3) is 3.35. The SMILES string of the molecule is O=C(N/N=C\c1ccc(O)c(O)c1)c1ccc(-n2cnnn2)cc1. The summed E-state index contributed by atoms with van der Waals surface area (Å²) in [6.45, 7) is 0. The third-order valence-corrected chi connectivity index (χ3v) is 3.12. The van der Waals surface area contributed by atoms with E-state index in [1.165, 1.54) is 29.4 Å². The molecule has 1 heterocycles. The number of benzene rings is 2. The first-order valence-electron chi connectivity index (χ1n) is 6.82. The maximum absolute atomic E-state index is 12.0. The molecule has 2 aromatic carbocycles. The van der Waals surface area contributed by atoms with E-state index in [1.807, 2.05) is 0 Å². The Labute approximate surface area is 135 Å². The molecule has 9 nitrogen and oxygen atoms in total. The molecule has 0 aliphatic heterocycles. The van der Waals surface area contributed by atoms with Gasteiger partial charge in [-0.1, -0.05) is 0 Å². The van der Waals surface area contributed by atoms with E-state index in [0.717, 1.165) is 5.69 Å². The summed E-state index contributed by atoms with van der Waals surface area (Å²) in [7, 11) is 0. The third-order valence-electron chi connectivity index (χ3n) is 3.12. The smallest absolute Gasteiger partial charge is 0.271 e. The second kappa shape index (κ2) is 6.57. The predicted molar refractivity (Wildman–Crippen MR) is 84.0 cm³/mol. The molecule has 120 valence electrons. The molecule has 0 fully saturated rings. The van der Waals surface area contributed by atoms with Crippen LogP contribution in [0.1, 0.15) is 15.9 Å². The molecule has 0 atom stereocenters. The molecule has 0 aliphatic rings. The van der Waals surface area contributed by atoms with E-state index < -0.39 is 5.91 Å². The minimum absolute atomic E-state index is 0.223. The number of tetrazole rings is 1. The second-order valence-electron chi connectivity index (χ2n) is 4.75. The lowest BCUT2D eigenvalue weighted by Crippen LogP contribution is -2.17. The Morgan fingerprint density at radius 1 is 1.12 bits per heavy atom. The van der Waals surface area contributed by atoms with Crippen molar-refractivity contribution in [3.05, 3.63) is 59.9 Å². The van der Waals surface area contributed by atoms with Crippen LogP contribution in [0.15, 0.2) is 53.9 Å². The normalized spacial score (nSPS) is 10.8. The summed E-state index contributed by atoms with van der Waals surface area (Å²) >= 11 is 0. The zero-order chi connectivity index (χ0) is 16.9. The lowest BCUT2D eigenvalue weighted by Gasteiger charge is -2.02. The number of phenols is 2. The monoisotopic (exact) mass is 324 g/mol. The van der Waals surface area contributed by atoms with Gasteiger partial charge in [-0.2, -0.15) is 5.10 Å². The fraction of sp³-hybridized carbons (Fsp3) is 0. The second-order valence-corrected chi connectivity index (χ2v) is 4.75. The van der Waals surface area contributed by atoms with Crippen LogP contribution >= 0.6 is 0 Å². The number of amides is 1. The van der Waals surface area contributed by atoms with Crippen LogP contribution in [-0.2, 0) is 0 Å². The Morgan fingerprint density at radius 2 is 1.92 bits per heavy atom. The van der Waals surface area contributed by atoms with Crippen LogP contribution < -0.4 is 5.43 Å². The molecule has 0 saturated heterocycles. The summed E-state index contributed by atoms with van der Waals surface area (Å²) in [6.07, 6.45) is 2.80. The van der Waals surface area contributed by atoms with Crippen molar-refractivity contribution in [3.63, 3.8) is 0 Å². The van der Waals surface area contributed by atoms with Crippen LogP contribution in [0.25, 0.3) is 5.69 Å². The van der Waals surface area contributed by atoms with Crippen molar-refractivity contribution < 1.29 is 15.0 Å². The Kier molecular flexibility index (Phi) is 4.15. The summed E-state index contributed by atoms with van der Waals surface area (Å²) < 4.78 is 1.47. The van der Waals surface area contributed by atoms with Crippen LogP contribution in [0.3, 0.4) is 0 Å². The number of nitrogens with one attached hydrogen (secondary N) is 1. The fourth-order valence-corrected chi connectivity index (χ4v) is 1.90. The molecule has 3 rings (SSSR count). The molecule has 0 aliphatic carbocycles. The van der Waals surface area contributed by atoms with Gasteiger partial charge in [0.05, 0.1) is 11.9 Å². The molecule has 24 heavy (non-hydrogen) atoms. The van der Waals surface area contributed by atoms with Gasteiger partial charge in [0.1, 0.15) is 6.33 Å². The molecule has 1 amide bonds. The Hall–Kier alpha value is -3.75. The number of phenolic OH excluding ortho intramolecular Hbond substituents is 2. The van der Waals surface area contributed by atoms with Crippen molar-refractivity contribution in [2.75, 3.05) is 0 Å². The van der Waals surface area contributed by atoms with Crippen LogP contribution in [0, 0.1) is 0 Å². The predicted octanol–water partition coefficient (Wildman–Crippen LogP) is 0.837. The van der Waals surface area contributed by atoms with Crippen molar-refractivity contribution in [2.45, 2.75) is 0 Å². The maximum Gasteiger partial charge on any atom is 0.271 e. The first-order valence-corrected chi connectivity index (χ1v) is 6.82. The van der Waals surface area contributed by atoms with E-state index in [2.05, 4.69) is 26.1 Å². The summed E-state index contributed by atoms with van der Waals surface area (Å²) in [4.78, 5) is 12.0. The van der Waals surface area contributed by atoms with Crippen molar-refractivity contribution in [2.24, 2.45) is 5.10 Å². The number of carbonyl (C=O) groups excluding carboxylic acids is 1. The molecule has 0 saturated carbocycles. The first kappa shape index (κ1) is 15.2. The van der Waals surface area contributed by atoms with Crippen molar-refractivity contribution >= 4 is 12.1 Å². The molecule has 0 spiro atoms. The number of hydrogen-bond donors (Lipinski definition) is 3. The van der Waals surface area contributed by atoms with Gasteiger partial charge >= 0.3 is 0 Å². The molecular weight excluding hydrogens is 312 g/mol. The number of hydrazone groups is 1. The number of aromatic hydroxyl groups is 2. The summed E-state index contributed by atoms with van der Waals surface area (Å²) in [5.41, 5.74) is 4.04. The summed E-state index contributed by atoms with van der Waals surface area (Å²) in [5, 5.41) is 33.2. The Morgan fingerprint density at radius 3 is 2.58 bits per heavy atom. The molecular formula is C15H12N6O3. The molecule has 1 aromatic heterocycles. The number of aromatic nitrogens is 4. The van der Waals surface area contributed by atoms with E-state index in [4.69, 9.17) is 0 Å². The lowest BCUT2D eigenvalue weighted by molar-refractivity contribution is 0.0955. The maximum atomic E-state index is 12.0. The van der Waals surface area contributed by atoms with Crippen molar-refractivity contribution in [1.29, 1.82) is 0 Å². The average Bonchev–Trinajstić information content (AvgIpc) is 3.13. The summed E-state index contributed by atoms with van der Waals surface area (Å²) in [5.74, 6) is -0.875. The van der Waals surface area contributed by atoms with E-state index in [0.29, 0.717) is 11.1 Å². The van der Waals surface area contributed by atoms with Crippen molar-refractivity contribution in [3.8, 4) is 17.2 Å². The van der Waals surface area contributed by atoms with Crippen LogP contribution in [0.2, 0.25) is 0 Å². The van der Waals surface area contributed by atoms with E-state index >= 15 is 0 Å². The van der Waals surface area contributed by atoms with Crippen LogP contribution in [-0.4, -0.2) is 42.5 Å². The highest BCUT2D eigenvalue weighted by atomic mass is 16.3. The minimum Gasteiger partial charge on any atom is -0.504 e. The van der Waals surface area contributed by atoms with E-state index in [9.17, 15) is 15.0 Å². The number of hydrogen-bond acceptors (Lipinski definition) is 7. The quantitative estimate of drug-likeness (QED) is 0.371. The van der Waals surface area contributed by atoms with Crippen LogP contribution in [0.4, 0.5) is 0 Å². The van der Waals surface area contributed by atoms with Gasteiger partial charge in [-0.05, 0) is 58.5 Å². The van der Waals surface area contributed by atoms with Gasteiger partial charge < -0.3 is 10.2 Å². The molecule has 9 heteroatoms. The van der Waals surface area contributed by atoms with Gasteiger partial charge in [-0.25, -0.2) is 10.1 Å². The van der Waals surface area contributed by atoms with E-state index in [1.54, 1.807) is 30.3 Å². The zero-order valence-electron chi connectivity index (χ0n) is 12.2. The molecule has 0 bridgehead atoms.